The molecule has 94 valence electrons. The normalized spacial score (nSPS) is 20.0. The standard InChI is InChI=1S/C12H24N2O2/c1-14(8-4-2-3-7-13)12(15)10-11-6-5-9-16-11/h11H,2-10,13H2,1H3. The van der Waals surface area contributed by atoms with E-state index in [0.29, 0.717) is 6.42 Å². The summed E-state index contributed by atoms with van der Waals surface area (Å²) in [5, 5.41) is 0. The van der Waals surface area contributed by atoms with Crippen molar-refractivity contribution in [2.24, 2.45) is 5.73 Å². The largest absolute Gasteiger partial charge is 0.378 e. The molecule has 0 aromatic heterocycles. The van der Waals surface area contributed by atoms with E-state index >= 15 is 0 Å². The molecule has 1 saturated heterocycles. The minimum absolute atomic E-state index is 0.166. The molecule has 1 fully saturated rings. The zero-order chi connectivity index (χ0) is 11.8. The second-order valence-corrected chi connectivity index (χ2v) is 4.50. The van der Waals surface area contributed by atoms with Crippen molar-refractivity contribution < 1.29 is 9.53 Å². The second-order valence-electron chi connectivity index (χ2n) is 4.50. The Bertz CT molecular complexity index is 203. The SMILES string of the molecule is CN(CCCCCN)C(=O)CC1CCCO1. The van der Waals surface area contributed by atoms with Gasteiger partial charge in [0.1, 0.15) is 0 Å². The molecule has 16 heavy (non-hydrogen) atoms. The molecule has 4 heteroatoms. The number of hydrogen-bond donors (Lipinski definition) is 1. The number of amides is 1. The number of hydrogen-bond acceptors (Lipinski definition) is 3. The first-order valence-electron chi connectivity index (χ1n) is 6.29. The topological polar surface area (TPSA) is 55.6 Å². The Balaban J connectivity index is 2.09. The number of nitrogens with zero attached hydrogens (tertiary/aromatic N) is 1. The third-order valence-electron chi connectivity index (χ3n) is 3.05. The van der Waals surface area contributed by atoms with Gasteiger partial charge in [-0.05, 0) is 32.2 Å². The predicted octanol–water partition coefficient (Wildman–Crippen LogP) is 1.14. The molecule has 0 bridgehead atoms. The molecule has 0 radical (unpaired) electrons. The molecule has 2 N–H and O–H groups in total. The summed E-state index contributed by atoms with van der Waals surface area (Å²) in [6, 6.07) is 0. The van der Waals surface area contributed by atoms with E-state index in [-0.39, 0.29) is 12.0 Å². The van der Waals surface area contributed by atoms with Gasteiger partial charge in [-0.2, -0.15) is 0 Å². The van der Waals surface area contributed by atoms with Crippen molar-refractivity contribution in [2.45, 2.75) is 44.6 Å². The average molecular weight is 228 g/mol. The highest BCUT2D eigenvalue weighted by molar-refractivity contribution is 5.76. The molecule has 1 unspecified atom stereocenters. The van der Waals surface area contributed by atoms with Crippen LogP contribution in [0, 0.1) is 0 Å². The quantitative estimate of drug-likeness (QED) is 0.665. The molecule has 4 nitrogen and oxygen atoms in total. The van der Waals surface area contributed by atoms with E-state index in [9.17, 15) is 4.79 Å². The number of carbonyl (C=O) groups is 1. The van der Waals surface area contributed by atoms with E-state index in [1.54, 1.807) is 0 Å². The third kappa shape index (κ3) is 4.94. The Morgan fingerprint density at radius 2 is 2.25 bits per heavy atom. The molecule has 1 aliphatic heterocycles. The minimum Gasteiger partial charge on any atom is -0.378 e. The molecule has 0 aromatic carbocycles. The van der Waals surface area contributed by atoms with Crippen LogP contribution in [0.1, 0.15) is 38.5 Å². The first-order chi connectivity index (χ1) is 7.74. The van der Waals surface area contributed by atoms with Gasteiger partial charge < -0.3 is 15.4 Å². The van der Waals surface area contributed by atoms with Crippen molar-refractivity contribution in [3.8, 4) is 0 Å². The van der Waals surface area contributed by atoms with Gasteiger partial charge in [-0.25, -0.2) is 0 Å². The fourth-order valence-electron chi connectivity index (χ4n) is 1.95. The van der Waals surface area contributed by atoms with Crippen LogP contribution in [0.4, 0.5) is 0 Å². The number of rotatable bonds is 7. The lowest BCUT2D eigenvalue weighted by atomic mass is 10.1. The van der Waals surface area contributed by atoms with Crippen LogP contribution in [0.15, 0.2) is 0 Å². The zero-order valence-corrected chi connectivity index (χ0v) is 10.3. The van der Waals surface area contributed by atoms with Gasteiger partial charge in [-0.1, -0.05) is 6.42 Å². The zero-order valence-electron chi connectivity index (χ0n) is 10.3. The fraction of sp³-hybridized carbons (Fsp3) is 0.917. The lowest BCUT2D eigenvalue weighted by Crippen LogP contribution is -2.30. The van der Waals surface area contributed by atoms with Crippen LogP contribution in [0.2, 0.25) is 0 Å². The van der Waals surface area contributed by atoms with E-state index < -0.39 is 0 Å². The van der Waals surface area contributed by atoms with Crippen LogP contribution in [0.25, 0.3) is 0 Å². The molecule has 1 heterocycles. The van der Waals surface area contributed by atoms with E-state index in [4.69, 9.17) is 10.5 Å². The fourth-order valence-corrected chi connectivity index (χ4v) is 1.95. The molecule has 1 rings (SSSR count). The van der Waals surface area contributed by atoms with Crippen LogP contribution in [-0.2, 0) is 9.53 Å². The highest BCUT2D eigenvalue weighted by atomic mass is 16.5. The Kier molecular flexibility index (Phi) is 6.42. The van der Waals surface area contributed by atoms with Gasteiger partial charge in [0, 0.05) is 20.2 Å². The Hall–Kier alpha value is -0.610. The average Bonchev–Trinajstić information content (AvgIpc) is 2.76. The molecule has 0 spiro atoms. The molecule has 1 atom stereocenters. The molecular formula is C12H24N2O2. The van der Waals surface area contributed by atoms with E-state index in [1.807, 2.05) is 11.9 Å². The Labute approximate surface area is 98.1 Å². The summed E-state index contributed by atoms with van der Waals surface area (Å²) in [6.07, 6.45) is 6.05. The van der Waals surface area contributed by atoms with E-state index in [2.05, 4.69) is 0 Å². The molecule has 1 amide bonds. The first kappa shape index (κ1) is 13.5. The van der Waals surface area contributed by atoms with Crippen molar-refractivity contribution in [1.29, 1.82) is 0 Å². The predicted molar refractivity (Wildman–Crippen MR) is 64.1 cm³/mol. The van der Waals surface area contributed by atoms with Crippen LogP contribution < -0.4 is 5.73 Å². The van der Waals surface area contributed by atoms with E-state index in [1.165, 1.54) is 0 Å². The lowest BCUT2D eigenvalue weighted by Gasteiger charge is -2.19. The van der Waals surface area contributed by atoms with Gasteiger partial charge in [-0.3, -0.25) is 4.79 Å². The van der Waals surface area contributed by atoms with Crippen molar-refractivity contribution in [3.63, 3.8) is 0 Å². The summed E-state index contributed by atoms with van der Waals surface area (Å²) in [6.45, 7) is 2.40. The van der Waals surface area contributed by atoms with Crippen LogP contribution in [0.3, 0.4) is 0 Å². The minimum atomic E-state index is 0.166. The van der Waals surface area contributed by atoms with Gasteiger partial charge in [0.25, 0.3) is 0 Å². The number of unbranched alkanes of at least 4 members (excludes halogenated alkanes) is 2. The maximum Gasteiger partial charge on any atom is 0.224 e. The van der Waals surface area contributed by atoms with Gasteiger partial charge >= 0.3 is 0 Å². The summed E-state index contributed by atoms with van der Waals surface area (Å²) < 4.78 is 5.45. The summed E-state index contributed by atoms with van der Waals surface area (Å²) in [5.41, 5.74) is 5.42. The number of ether oxygens (including phenoxy) is 1. The Morgan fingerprint density at radius 1 is 1.44 bits per heavy atom. The summed E-state index contributed by atoms with van der Waals surface area (Å²) in [7, 11) is 1.87. The molecule has 0 saturated carbocycles. The lowest BCUT2D eigenvalue weighted by molar-refractivity contribution is -0.132. The highest BCUT2D eigenvalue weighted by Gasteiger charge is 2.20. The van der Waals surface area contributed by atoms with Crippen molar-refractivity contribution in [3.05, 3.63) is 0 Å². The number of carbonyl (C=O) groups excluding carboxylic acids is 1. The third-order valence-corrected chi connectivity index (χ3v) is 3.05. The monoisotopic (exact) mass is 228 g/mol. The molecule has 0 aliphatic carbocycles. The van der Waals surface area contributed by atoms with Gasteiger partial charge in [0.2, 0.25) is 5.91 Å². The van der Waals surface area contributed by atoms with Crippen molar-refractivity contribution in [1.82, 2.24) is 4.90 Å². The van der Waals surface area contributed by atoms with Crippen molar-refractivity contribution >= 4 is 5.91 Å². The van der Waals surface area contributed by atoms with Crippen molar-refractivity contribution in [2.75, 3.05) is 26.7 Å². The number of nitrogens with two attached hydrogens (primary N) is 1. The van der Waals surface area contributed by atoms with Crippen LogP contribution in [0.5, 0.6) is 0 Å². The summed E-state index contributed by atoms with van der Waals surface area (Å²) >= 11 is 0. The molecule has 1 aliphatic rings. The molecule has 0 aromatic rings. The van der Waals surface area contributed by atoms with Gasteiger partial charge in [0.15, 0.2) is 0 Å². The maximum atomic E-state index is 11.8. The molecular weight excluding hydrogens is 204 g/mol. The Morgan fingerprint density at radius 3 is 2.88 bits per heavy atom. The van der Waals surface area contributed by atoms with Gasteiger partial charge in [0.05, 0.1) is 12.5 Å². The van der Waals surface area contributed by atoms with Gasteiger partial charge in [-0.15, -0.1) is 0 Å². The maximum absolute atomic E-state index is 11.8. The second kappa shape index (κ2) is 7.63. The summed E-state index contributed by atoms with van der Waals surface area (Å²) in [5.74, 6) is 0.208. The highest BCUT2D eigenvalue weighted by Crippen LogP contribution is 2.16. The van der Waals surface area contributed by atoms with Crippen LogP contribution >= 0.6 is 0 Å². The first-order valence-corrected chi connectivity index (χ1v) is 6.29. The van der Waals surface area contributed by atoms with E-state index in [0.717, 1.165) is 51.8 Å². The van der Waals surface area contributed by atoms with Crippen LogP contribution in [-0.4, -0.2) is 43.7 Å². The summed E-state index contributed by atoms with van der Waals surface area (Å²) in [4.78, 5) is 13.6. The smallest absolute Gasteiger partial charge is 0.224 e.